The Kier molecular flexibility index (Phi) is 8.82. The highest BCUT2D eigenvalue weighted by Crippen LogP contribution is 2.49. The summed E-state index contributed by atoms with van der Waals surface area (Å²) in [6.07, 6.45) is 14.3. The fraction of sp³-hybridized carbons (Fsp3) is 0.353. The predicted molar refractivity (Wildman–Crippen MR) is 154 cm³/mol. The first-order valence-corrected chi connectivity index (χ1v) is 14.2. The van der Waals surface area contributed by atoms with Gasteiger partial charge in [-0.15, -0.1) is 0 Å². The molecule has 3 aromatic rings. The summed E-state index contributed by atoms with van der Waals surface area (Å²) in [5.41, 5.74) is 7.08. The van der Waals surface area contributed by atoms with Crippen molar-refractivity contribution in [2.24, 2.45) is 0 Å². The third kappa shape index (κ3) is 6.14. The summed E-state index contributed by atoms with van der Waals surface area (Å²) >= 11 is 0. The molecule has 1 heterocycles. The van der Waals surface area contributed by atoms with Crippen molar-refractivity contribution >= 4 is 11.3 Å². The van der Waals surface area contributed by atoms with Crippen molar-refractivity contribution in [3.8, 4) is 0 Å². The number of allylic oxidation sites excluding steroid dienone is 1. The summed E-state index contributed by atoms with van der Waals surface area (Å²) in [6.45, 7) is 0. The smallest absolute Gasteiger partial charge is 0.269 e. The Morgan fingerprint density at radius 1 is 0.711 bits per heavy atom. The summed E-state index contributed by atoms with van der Waals surface area (Å²) in [4.78, 5) is 11.0. The molecular weight excluding hydrogens is 470 g/mol. The molecule has 1 aliphatic heterocycles. The van der Waals surface area contributed by atoms with Gasteiger partial charge in [0.1, 0.15) is 6.10 Å². The lowest BCUT2D eigenvalue weighted by molar-refractivity contribution is -0.384. The lowest BCUT2D eigenvalue weighted by Crippen LogP contribution is -2.08. The van der Waals surface area contributed by atoms with E-state index in [1.54, 1.807) is 12.1 Å². The van der Waals surface area contributed by atoms with E-state index in [4.69, 9.17) is 4.74 Å². The molecule has 0 N–H and O–H groups in total. The van der Waals surface area contributed by atoms with Crippen molar-refractivity contribution in [2.75, 3.05) is 0 Å². The number of fused-ring (bicyclic) bond motifs is 1. The van der Waals surface area contributed by atoms with Crippen molar-refractivity contribution in [1.29, 1.82) is 0 Å². The maximum Gasteiger partial charge on any atom is 0.269 e. The molecule has 2 atom stereocenters. The normalized spacial score (nSPS) is 22.2. The summed E-state index contributed by atoms with van der Waals surface area (Å²) in [7, 11) is 0. The first-order chi connectivity index (χ1) is 18.7. The van der Waals surface area contributed by atoms with Crippen LogP contribution in [0.25, 0.3) is 5.57 Å². The third-order valence-corrected chi connectivity index (χ3v) is 7.81. The van der Waals surface area contributed by atoms with Crippen molar-refractivity contribution in [2.45, 2.75) is 76.4 Å². The molecule has 2 aliphatic rings. The number of nitro benzene ring substituents is 1. The van der Waals surface area contributed by atoms with Gasteiger partial charge in [-0.25, -0.2) is 0 Å². The summed E-state index contributed by atoms with van der Waals surface area (Å²) < 4.78 is 6.93. The zero-order chi connectivity index (χ0) is 26.2. The third-order valence-electron chi connectivity index (χ3n) is 7.81. The molecule has 1 aliphatic carbocycles. The molecule has 0 radical (unpaired) electrons. The average molecular weight is 508 g/mol. The second-order valence-corrected chi connectivity index (χ2v) is 10.4. The number of nitrogens with zero attached hydrogens (tertiary/aromatic N) is 1. The van der Waals surface area contributed by atoms with Gasteiger partial charge < -0.3 is 4.74 Å². The molecule has 38 heavy (non-hydrogen) atoms. The molecule has 0 aromatic heterocycles. The van der Waals surface area contributed by atoms with Gasteiger partial charge in [-0.05, 0) is 64.8 Å². The van der Waals surface area contributed by atoms with E-state index in [1.165, 1.54) is 61.7 Å². The highest BCUT2D eigenvalue weighted by Gasteiger charge is 2.38. The van der Waals surface area contributed by atoms with Gasteiger partial charge in [0.2, 0.25) is 0 Å². The Hall–Kier alpha value is -3.50. The first kappa shape index (κ1) is 26.1. The van der Waals surface area contributed by atoms with E-state index in [1.807, 2.05) is 12.1 Å². The van der Waals surface area contributed by atoms with E-state index >= 15 is 0 Å². The van der Waals surface area contributed by atoms with Crippen LogP contribution in [0.15, 0.2) is 102 Å². The summed E-state index contributed by atoms with van der Waals surface area (Å²) in [5, 5.41) is 11.4. The van der Waals surface area contributed by atoms with Gasteiger partial charge >= 0.3 is 0 Å². The molecule has 5 rings (SSSR count). The quantitative estimate of drug-likeness (QED) is 0.261. The predicted octanol–water partition coefficient (Wildman–Crippen LogP) is 9.38. The Labute approximate surface area is 226 Å². The Morgan fingerprint density at radius 3 is 1.84 bits per heavy atom. The van der Waals surface area contributed by atoms with Crippen LogP contribution in [-0.2, 0) is 4.74 Å². The van der Waals surface area contributed by atoms with Crippen LogP contribution in [0.1, 0.15) is 87.0 Å². The number of non-ortho nitro benzene ring substituents is 1. The van der Waals surface area contributed by atoms with Crippen LogP contribution < -0.4 is 0 Å². The molecule has 4 heteroatoms. The van der Waals surface area contributed by atoms with Crippen molar-refractivity contribution in [3.63, 3.8) is 0 Å². The van der Waals surface area contributed by atoms with Gasteiger partial charge in [-0.3, -0.25) is 10.1 Å². The minimum Gasteiger partial charge on any atom is -0.361 e. The molecule has 3 aromatic carbocycles. The van der Waals surface area contributed by atoms with Crippen LogP contribution in [0.4, 0.5) is 5.69 Å². The van der Waals surface area contributed by atoms with Crippen LogP contribution >= 0.6 is 0 Å². The second kappa shape index (κ2) is 12.8. The van der Waals surface area contributed by atoms with E-state index in [2.05, 4.69) is 66.7 Å². The highest BCUT2D eigenvalue weighted by molar-refractivity contribution is 5.86. The number of ether oxygens (including phenoxy) is 1. The number of hydrogen-bond donors (Lipinski definition) is 0. The standard InChI is InChI=1S/C34H37NO3/c36-35(37)29-24-22-28(23-25-29)34-33(32(26-16-10-8-11-17-26)27-18-12-9-13-19-27)30-20-14-6-4-2-1-3-5-7-15-21-31(30)38-34/h8-13,16-20,22-25,31,34H,1-7,14-15,21H2/b30-20+. The molecule has 1 saturated heterocycles. The molecule has 2 unspecified atom stereocenters. The van der Waals surface area contributed by atoms with E-state index < -0.39 is 0 Å². The van der Waals surface area contributed by atoms with Crippen LogP contribution in [0.5, 0.6) is 0 Å². The molecule has 0 bridgehead atoms. The molecule has 0 saturated carbocycles. The van der Waals surface area contributed by atoms with Gasteiger partial charge in [0.15, 0.2) is 0 Å². The average Bonchev–Trinajstić information content (AvgIpc) is 3.31. The lowest BCUT2D eigenvalue weighted by atomic mass is 9.84. The zero-order valence-electron chi connectivity index (χ0n) is 22.1. The van der Waals surface area contributed by atoms with Crippen molar-refractivity contribution < 1.29 is 9.66 Å². The molecular formula is C34H37NO3. The van der Waals surface area contributed by atoms with Crippen LogP contribution in [0.2, 0.25) is 0 Å². The maximum absolute atomic E-state index is 11.4. The molecule has 0 amide bonds. The molecule has 1 fully saturated rings. The van der Waals surface area contributed by atoms with Gasteiger partial charge in [0.25, 0.3) is 5.69 Å². The fourth-order valence-electron chi connectivity index (χ4n) is 5.87. The molecule has 4 nitrogen and oxygen atoms in total. The van der Waals surface area contributed by atoms with Gasteiger partial charge in [0.05, 0.1) is 11.0 Å². The zero-order valence-corrected chi connectivity index (χ0v) is 22.1. The first-order valence-electron chi connectivity index (χ1n) is 14.2. The Balaban J connectivity index is 1.69. The summed E-state index contributed by atoms with van der Waals surface area (Å²) in [5.74, 6) is 0. The monoisotopic (exact) mass is 507 g/mol. The topological polar surface area (TPSA) is 52.4 Å². The Bertz CT molecular complexity index is 1220. The van der Waals surface area contributed by atoms with Gasteiger partial charge in [-0.2, -0.15) is 0 Å². The van der Waals surface area contributed by atoms with E-state index in [9.17, 15) is 10.1 Å². The minimum absolute atomic E-state index is 0.0216. The SMILES string of the molecule is O=[N+]([O-])c1ccc(C2OC3CCCCCCCCCC/C=C\3C2=C(c2ccccc2)c2ccccc2)cc1. The molecule has 0 spiro atoms. The van der Waals surface area contributed by atoms with Crippen LogP contribution in [-0.4, -0.2) is 11.0 Å². The van der Waals surface area contributed by atoms with E-state index in [-0.39, 0.29) is 22.8 Å². The molecule has 196 valence electrons. The second-order valence-electron chi connectivity index (χ2n) is 10.4. The number of rotatable bonds is 4. The minimum atomic E-state index is -0.340. The number of hydrogen-bond acceptors (Lipinski definition) is 3. The van der Waals surface area contributed by atoms with Crippen molar-refractivity contribution in [1.82, 2.24) is 0 Å². The summed E-state index contributed by atoms with van der Waals surface area (Å²) in [6, 6.07) is 28.1. The van der Waals surface area contributed by atoms with Gasteiger partial charge in [-0.1, -0.05) is 112 Å². The highest BCUT2D eigenvalue weighted by atomic mass is 16.6. The van der Waals surface area contributed by atoms with Gasteiger partial charge in [0, 0.05) is 12.1 Å². The lowest BCUT2D eigenvalue weighted by Gasteiger charge is -2.19. The van der Waals surface area contributed by atoms with Crippen LogP contribution in [0.3, 0.4) is 0 Å². The van der Waals surface area contributed by atoms with Crippen LogP contribution in [0, 0.1) is 10.1 Å². The number of nitro groups is 1. The van der Waals surface area contributed by atoms with Crippen molar-refractivity contribution in [3.05, 3.63) is 129 Å². The van der Waals surface area contributed by atoms with E-state index in [0.29, 0.717) is 0 Å². The maximum atomic E-state index is 11.4. The largest absolute Gasteiger partial charge is 0.361 e. The fourth-order valence-corrected chi connectivity index (χ4v) is 5.87. The number of benzene rings is 3. The van der Waals surface area contributed by atoms with E-state index in [0.717, 1.165) is 36.0 Å². The Morgan fingerprint density at radius 2 is 1.26 bits per heavy atom.